The third kappa shape index (κ3) is 21.5. The molecular weight excluding hydrogens is 1100 g/mol. The van der Waals surface area contributed by atoms with Gasteiger partial charge in [0.25, 0.3) is 5.91 Å². The van der Waals surface area contributed by atoms with Crippen molar-refractivity contribution in [3.05, 3.63) is 142 Å². The van der Waals surface area contributed by atoms with Crippen LogP contribution in [0.3, 0.4) is 0 Å². The van der Waals surface area contributed by atoms with Gasteiger partial charge in [-0.05, 0) is 272 Å². The van der Waals surface area contributed by atoms with Crippen LogP contribution in [-0.2, 0) is 34.5 Å². The smallest absolute Gasteiger partial charge is 0.251 e. The Hall–Kier alpha value is -3.97. The van der Waals surface area contributed by atoms with Crippen molar-refractivity contribution >= 4 is 5.91 Å². The van der Waals surface area contributed by atoms with E-state index in [9.17, 15) is 4.79 Å². The first-order valence-electron chi connectivity index (χ1n) is 36.5. The van der Waals surface area contributed by atoms with Gasteiger partial charge in [-0.15, -0.1) is 0 Å². The van der Waals surface area contributed by atoms with E-state index >= 15 is 0 Å². The van der Waals surface area contributed by atoms with Crippen molar-refractivity contribution < 1.29 is 9.53 Å². The van der Waals surface area contributed by atoms with Crippen molar-refractivity contribution in [3.63, 3.8) is 0 Å². The van der Waals surface area contributed by atoms with Gasteiger partial charge < -0.3 is 39.5 Å². The minimum atomic E-state index is -0.290. The lowest BCUT2D eigenvalue weighted by molar-refractivity contribution is -0.193. The molecule has 8 aliphatic rings. The molecule has 0 aromatic heterocycles. The molecule has 8 heterocycles. The molecule has 1 amide bonds. The second kappa shape index (κ2) is 36.1. The molecule has 4 aromatic carbocycles. The summed E-state index contributed by atoms with van der Waals surface area (Å²) in [5.74, 6) is 1.73. The Bertz CT molecular complexity index is 2650. The number of hydrogen-bond acceptors (Lipinski definition) is 9. The number of ether oxygens (including phenoxy) is 1. The Morgan fingerprint density at radius 2 is 0.900 bits per heavy atom. The molecule has 8 aliphatic heterocycles. The van der Waals surface area contributed by atoms with E-state index in [-0.39, 0.29) is 29.2 Å². The quantitative estimate of drug-likeness (QED) is 0.177. The molecule has 90 heavy (non-hydrogen) atoms. The minimum absolute atomic E-state index is 0.108. The highest BCUT2D eigenvalue weighted by molar-refractivity contribution is 5.81. The molecule has 1 atom stereocenters. The Labute approximate surface area is 551 Å². The summed E-state index contributed by atoms with van der Waals surface area (Å²) in [5.41, 5.74) is 10.8. The largest absolute Gasteiger partial charge is 0.360 e. The third-order valence-corrected chi connectivity index (χ3v) is 21.7. The summed E-state index contributed by atoms with van der Waals surface area (Å²) in [4.78, 5) is 29.5. The van der Waals surface area contributed by atoms with E-state index in [1.54, 1.807) is 22.3 Å². The van der Waals surface area contributed by atoms with Crippen LogP contribution in [0.1, 0.15) is 225 Å². The highest BCUT2D eigenvalue weighted by Gasteiger charge is 2.46. The highest BCUT2D eigenvalue weighted by atomic mass is 16.5. The zero-order valence-electron chi connectivity index (χ0n) is 60.1. The first-order valence-corrected chi connectivity index (χ1v) is 36.5. The molecule has 0 radical (unpaired) electrons. The molecule has 10 nitrogen and oxygen atoms in total. The summed E-state index contributed by atoms with van der Waals surface area (Å²) < 4.78 is 6.12. The summed E-state index contributed by atoms with van der Waals surface area (Å²) in [7, 11) is 0. The molecule has 0 bridgehead atoms. The number of nitrogens with zero attached hydrogens (tertiary/aromatic N) is 7. The van der Waals surface area contributed by atoms with Crippen molar-refractivity contribution in [2.75, 3.05) is 85.1 Å². The second-order valence-corrected chi connectivity index (χ2v) is 30.1. The minimum Gasteiger partial charge on any atom is -0.360 e. The highest BCUT2D eigenvalue weighted by Crippen LogP contribution is 2.39. The van der Waals surface area contributed by atoms with Crippen molar-refractivity contribution in [1.29, 1.82) is 0 Å². The number of likely N-dealkylation sites (tertiary alicyclic amines) is 5. The number of aryl methyl sites for hydroxylation is 1. The number of morpholine rings is 1. The van der Waals surface area contributed by atoms with Gasteiger partial charge in [0.05, 0.1) is 12.1 Å². The number of carbonyl (C=O) groups is 1. The first-order chi connectivity index (χ1) is 43.1. The summed E-state index contributed by atoms with van der Waals surface area (Å²) in [6.07, 6.45) is 16.2. The van der Waals surface area contributed by atoms with Gasteiger partial charge in [-0.3, -0.25) is 9.69 Å². The van der Waals surface area contributed by atoms with Crippen LogP contribution in [0, 0.1) is 6.92 Å². The van der Waals surface area contributed by atoms with Gasteiger partial charge in [-0.25, -0.2) is 0 Å². The molecule has 6 fully saturated rings. The van der Waals surface area contributed by atoms with Gasteiger partial charge in [0.1, 0.15) is 6.10 Å². The maximum atomic E-state index is 12.2. The summed E-state index contributed by atoms with van der Waals surface area (Å²) in [5, 5.41) is 3.82. The van der Waals surface area contributed by atoms with Gasteiger partial charge in [0, 0.05) is 93.6 Å². The first kappa shape index (κ1) is 73.4. The standard InChI is InChI=1S/C16H24N2.C15H28N2O2.C15H23N.C14H21N.C12H17N.C8H17N/c1-13(2)18-11-8-16(9-12-18)15-6-4-3-5-14(15)7-10-17-16;1-11(2)16-8-6-15(7-9-16)10-17(12(3)4)14(18)13(5)19-15;1-12(2)16-9-7-14(8-10-16)15-6-4-5-13(3)11-15;1-12(2)15-10-8-14(9-11-15)13-6-4-3-5-7-13;1-10(2)13-8-7-11-5-3-4-6-12(11)9-13;1-8(2)9-6-4-3-5-7-9/h3-6,13,17H,7-12H2,1-2H3;11-13H,6-10H2,1-5H3;4-6,11-12,14H,7-10H2,1-3H3;3-7,12,14H,8-11H2,1-2H3;3-6,10H,7-9H2,1-2H3;8H,3-7H2,1-2H3/t;13-;;;;/m.1..../s1. The van der Waals surface area contributed by atoms with E-state index in [4.69, 9.17) is 4.74 Å². The number of rotatable bonds is 9. The number of amides is 1. The van der Waals surface area contributed by atoms with E-state index in [0.29, 0.717) is 30.2 Å². The number of hydrogen-bond donors (Lipinski definition) is 1. The maximum absolute atomic E-state index is 12.2. The zero-order valence-corrected chi connectivity index (χ0v) is 60.1. The normalized spacial score (nSPS) is 22.2. The Kier molecular flexibility index (Phi) is 29.4. The fraction of sp³-hybridized carbons (Fsp3) is 0.688. The second-order valence-electron chi connectivity index (χ2n) is 30.1. The molecule has 502 valence electrons. The topological polar surface area (TPSA) is 61.0 Å². The van der Waals surface area contributed by atoms with Gasteiger partial charge in [-0.1, -0.05) is 115 Å². The van der Waals surface area contributed by atoms with Crippen LogP contribution in [0.15, 0.2) is 103 Å². The lowest BCUT2D eigenvalue weighted by Gasteiger charge is -2.50. The van der Waals surface area contributed by atoms with Gasteiger partial charge in [-0.2, -0.15) is 0 Å². The Balaban J connectivity index is 0.000000155. The average molecular weight is 1240 g/mol. The molecule has 0 unspecified atom stereocenters. The molecule has 6 saturated heterocycles. The van der Waals surface area contributed by atoms with E-state index < -0.39 is 0 Å². The van der Waals surface area contributed by atoms with Crippen LogP contribution in [0.5, 0.6) is 0 Å². The van der Waals surface area contributed by atoms with Gasteiger partial charge in [0.2, 0.25) is 0 Å². The van der Waals surface area contributed by atoms with E-state index in [0.717, 1.165) is 63.4 Å². The van der Waals surface area contributed by atoms with Crippen LogP contribution in [0.4, 0.5) is 0 Å². The Morgan fingerprint density at radius 1 is 0.444 bits per heavy atom. The molecule has 2 spiro atoms. The zero-order chi connectivity index (χ0) is 65.0. The molecule has 0 aliphatic carbocycles. The lowest BCUT2D eigenvalue weighted by atomic mass is 9.75. The molecular formula is C80H130N8O2. The van der Waals surface area contributed by atoms with Crippen LogP contribution < -0.4 is 5.32 Å². The van der Waals surface area contributed by atoms with Crippen LogP contribution in [0.25, 0.3) is 0 Å². The van der Waals surface area contributed by atoms with Gasteiger partial charge in [0.15, 0.2) is 0 Å². The average Bonchev–Trinajstić information content (AvgIpc) is 0.860. The Morgan fingerprint density at radius 3 is 1.41 bits per heavy atom. The van der Waals surface area contributed by atoms with Crippen LogP contribution in [0.2, 0.25) is 0 Å². The van der Waals surface area contributed by atoms with Crippen molar-refractivity contribution in [1.82, 2.24) is 39.6 Å². The number of benzene rings is 4. The van der Waals surface area contributed by atoms with Gasteiger partial charge >= 0.3 is 0 Å². The molecule has 4 aromatic rings. The fourth-order valence-corrected chi connectivity index (χ4v) is 15.4. The van der Waals surface area contributed by atoms with E-state index in [2.05, 4.69) is 242 Å². The number of fused-ring (bicyclic) bond motifs is 3. The predicted octanol–water partition coefficient (Wildman–Crippen LogP) is 15.6. The molecule has 10 heteroatoms. The molecule has 12 rings (SSSR count). The summed E-state index contributed by atoms with van der Waals surface area (Å²) >= 11 is 0. The van der Waals surface area contributed by atoms with Crippen molar-refractivity contribution in [2.24, 2.45) is 0 Å². The number of carbonyl (C=O) groups excluding carboxylic acids is 1. The fourth-order valence-electron chi connectivity index (χ4n) is 15.4. The maximum Gasteiger partial charge on any atom is 0.251 e. The van der Waals surface area contributed by atoms with E-state index in [1.165, 1.54) is 146 Å². The monoisotopic (exact) mass is 1240 g/mol. The van der Waals surface area contributed by atoms with Crippen LogP contribution in [-0.4, -0.2) is 179 Å². The SMILES string of the molecule is CC(C)N1CCC(c2ccccc2)CC1.CC(C)N1CCC2(CC1)CN(C(C)C)C(=O)[C@@H](C)O2.CC(C)N1CCC2(CC1)NCCc1ccccc12.CC(C)N1CCCCC1.CC(C)N1CCc2ccccc2C1.Cc1cccc(C2CCN(C(C)C)CC2)c1. The summed E-state index contributed by atoms with van der Waals surface area (Å²) in [6.45, 7) is 52.2. The molecule has 1 N–H and O–H groups in total. The molecule has 0 saturated carbocycles. The van der Waals surface area contributed by atoms with Crippen molar-refractivity contribution in [3.8, 4) is 0 Å². The predicted molar refractivity (Wildman–Crippen MR) is 383 cm³/mol. The van der Waals surface area contributed by atoms with Crippen molar-refractivity contribution in [2.45, 2.75) is 272 Å². The number of nitrogens with one attached hydrogen (secondary N) is 1. The summed E-state index contributed by atoms with van der Waals surface area (Å²) in [6, 6.07) is 42.2. The van der Waals surface area contributed by atoms with Crippen LogP contribution >= 0.6 is 0 Å². The lowest BCUT2D eigenvalue weighted by Crippen LogP contribution is -2.63. The number of piperidine rings is 5. The third-order valence-electron chi connectivity index (χ3n) is 21.7. The van der Waals surface area contributed by atoms with E-state index in [1.807, 2.05) is 11.8 Å².